The highest BCUT2D eigenvalue weighted by molar-refractivity contribution is 9.11. The van der Waals surface area contributed by atoms with Gasteiger partial charge in [0.15, 0.2) is 0 Å². The summed E-state index contributed by atoms with van der Waals surface area (Å²) >= 11 is 3.31. The van der Waals surface area contributed by atoms with Crippen molar-refractivity contribution in [2.24, 2.45) is 5.84 Å². The van der Waals surface area contributed by atoms with Gasteiger partial charge in [-0.05, 0) is 12.2 Å². The molecule has 0 aromatic carbocycles. The van der Waals surface area contributed by atoms with E-state index in [1.807, 2.05) is 18.4 Å². The molecule has 1 heterocycles. The van der Waals surface area contributed by atoms with Gasteiger partial charge in [0.1, 0.15) is 0 Å². The minimum absolute atomic E-state index is 0.789. The Labute approximate surface area is 56.8 Å². The van der Waals surface area contributed by atoms with E-state index in [2.05, 4.69) is 15.9 Å². The average Bonchev–Trinajstić information content (AvgIpc) is 1.77. The summed E-state index contributed by atoms with van der Waals surface area (Å²) in [4.78, 5) is 0. The molecule has 0 radical (unpaired) electrons. The summed E-state index contributed by atoms with van der Waals surface area (Å²) in [6.07, 6.45) is 5.73. The lowest BCUT2D eigenvalue weighted by molar-refractivity contribution is 0.434. The fraction of sp³-hybridized carbons (Fsp3) is 0.200. The molecule has 3 heteroatoms. The number of hydrogen-bond acceptors (Lipinski definition) is 2. The van der Waals surface area contributed by atoms with E-state index in [1.165, 1.54) is 0 Å². The Bertz CT molecular complexity index is 139. The summed E-state index contributed by atoms with van der Waals surface area (Å²) in [6, 6.07) is 0. The van der Waals surface area contributed by atoms with Gasteiger partial charge in [0, 0.05) is 10.7 Å². The molecule has 0 spiro atoms. The van der Waals surface area contributed by atoms with Crippen LogP contribution in [0.4, 0.5) is 0 Å². The van der Waals surface area contributed by atoms with Crippen LogP contribution in [-0.4, -0.2) is 11.6 Å². The summed E-state index contributed by atoms with van der Waals surface area (Å²) in [6.45, 7) is 0.789. The van der Waals surface area contributed by atoms with Crippen molar-refractivity contribution >= 4 is 15.9 Å². The molecule has 44 valence electrons. The van der Waals surface area contributed by atoms with Gasteiger partial charge >= 0.3 is 0 Å². The number of rotatable bonds is 0. The van der Waals surface area contributed by atoms with Crippen LogP contribution in [0.15, 0.2) is 22.8 Å². The predicted molar refractivity (Wildman–Crippen MR) is 37.0 cm³/mol. The van der Waals surface area contributed by atoms with Crippen LogP contribution in [-0.2, 0) is 0 Å². The lowest BCUT2D eigenvalue weighted by Gasteiger charge is -2.13. The highest BCUT2D eigenvalue weighted by atomic mass is 79.9. The van der Waals surface area contributed by atoms with Gasteiger partial charge < -0.3 is 5.01 Å². The van der Waals surface area contributed by atoms with E-state index >= 15 is 0 Å². The Morgan fingerprint density at radius 3 is 2.88 bits per heavy atom. The smallest absolute Gasteiger partial charge is 0.0529 e. The lowest BCUT2D eigenvalue weighted by Crippen LogP contribution is -2.26. The molecule has 0 amide bonds. The van der Waals surface area contributed by atoms with Crippen molar-refractivity contribution < 1.29 is 0 Å². The van der Waals surface area contributed by atoms with Crippen molar-refractivity contribution in [2.45, 2.75) is 0 Å². The van der Waals surface area contributed by atoms with Gasteiger partial charge in [-0.1, -0.05) is 15.9 Å². The monoisotopic (exact) mass is 174 g/mol. The van der Waals surface area contributed by atoms with Gasteiger partial charge in [0.05, 0.1) is 6.54 Å². The molecule has 1 aliphatic rings. The summed E-state index contributed by atoms with van der Waals surface area (Å²) in [7, 11) is 0. The van der Waals surface area contributed by atoms with Crippen molar-refractivity contribution in [3.05, 3.63) is 22.8 Å². The molecule has 0 saturated heterocycles. The van der Waals surface area contributed by atoms with Gasteiger partial charge in [0.25, 0.3) is 0 Å². The second-order valence-electron chi connectivity index (χ2n) is 1.60. The van der Waals surface area contributed by atoms with Crippen LogP contribution >= 0.6 is 15.9 Å². The second-order valence-corrected chi connectivity index (χ2v) is 2.52. The number of hydrazine groups is 1. The Balaban J connectivity index is 2.58. The molecule has 1 rings (SSSR count). The van der Waals surface area contributed by atoms with Crippen molar-refractivity contribution in [2.75, 3.05) is 6.54 Å². The maximum atomic E-state index is 5.38. The van der Waals surface area contributed by atoms with Crippen molar-refractivity contribution in [3.63, 3.8) is 0 Å². The van der Waals surface area contributed by atoms with Crippen LogP contribution in [0.1, 0.15) is 0 Å². The van der Waals surface area contributed by atoms with Crippen LogP contribution in [0.3, 0.4) is 0 Å². The SMILES string of the molecule is NN1C=CC(Br)=CC1. The topological polar surface area (TPSA) is 29.3 Å². The lowest BCUT2D eigenvalue weighted by atomic mass is 10.4. The molecule has 0 aromatic heterocycles. The highest BCUT2D eigenvalue weighted by Crippen LogP contribution is 2.09. The fourth-order valence-electron chi connectivity index (χ4n) is 0.488. The predicted octanol–water partition coefficient (Wildman–Crippen LogP) is 0.968. The Kier molecular flexibility index (Phi) is 1.70. The summed E-state index contributed by atoms with van der Waals surface area (Å²) < 4.78 is 1.10. The molecule has 0 aliphatic carbocycles. The standard InChI is InChI=1S/C5H7BrN2/c6-5-1-3-8(7)4-2-5/h1-3H,4,7H2. The normalized spacial score (nSPS) is 18.8. The third kappa shape index (κ3) is 1.35. The van der Waals surface area contributed by atoms with Crippen LogP contribution in [0.2, 0.25) is 0 Å². The molecule has 0 atom stereocenters. The molecule has 0 saturated carbocycles. The van der Waals surface area contributed by atoms with E-state index in [0.29, 0.717) is 0 Å². The average molecular weight is 175 g/mol. The maximum Gasteiger partial charge on any atom is 0.0529 e. The first-order valence-corrected chi connectivity index (χ1v) is 3.13. The van der Waals surface area contributed by atoms with Gasteiger partial charge in [0.2, 0.25) is 0 Å². The molecule has 8 heavy (non-hydrogen) atoms. The second kappa shape index (κ2) is 2.33. The minimum Gasteiger partial charge on any atom is -0.314 e. The van der Waals surface area contributed by atoms with E-state index in [0.717, 1.165) is 11.0 Å². The summed E-state index contributed by atoms with van der Waals surface area (Å²) in [5.74, 6) is 5.38. The third-order valence-electron chi connectivity index (χ3n) is 0.922. The van der Waals surface area contributed by atoms with Gasteiger partial charge in [-0.2, -0.15) is 0 Å². The van der Waals surface area contributed by atoms with E-state index in [9.17, 15) is 0 Å². The van der Waals surface area contributed by atoms with Crippen LogP contribution < -0.4 is 5.84 Å². The first-order chi connectivity index (χ1) is 3.79. The van der Waals surface area contributed by atoms with E-state index in [-0.39, 0.29) is 0 Å². The van der Waals surface area contributed by atoms with Crippen molar-refractivity contribution in [1.29, 1.82) is 0 Å². The van der Waals surface area contributed by atoms with Gasteiger partial charge in [-0.25, -0.2) is 5.84 Å². The number of halogens is 1. The third-order valence-corrected chi connectivity index (χ3v) is 1.51. The first-order valence-electron chi connectivity index (χ1n) is 2.34. The van der Waals surface area contributed by atoms with Gasteiger partial charge in [-0.3, -0.25) is 0 Å². The van der Waals surface area contributed by atoms with E-state index in [4.69, 9.17) is 5.84 Å². The molecule has 2 nitrogen and oxygen atoms in total. The number of hydrogen-bond donors (Lipinski definition) is 1. The Morgan fingerprint density at radius 2 is 2.50 bits per heavy atom. The summed E-state index contributed by atoms with van der Waals surface area (Å²) in [5.41, 5.74) is 0. The molecular formula is C5H7BrN2. The van der Waals surface area contributed by atoms with E-state index in [1.54, 1.807) is 5.01 Å². The fourth-order valence-corrected chi connectivity index (χ4v) is 0.751. The van der Waals surface area contributed by atoms with E-state index < -0.39 is 0 Å². The van der Waals surface area contributed by atoms with Crippen LogP contribution in [0.5, 0.6) is 0 Å². The quantitative estimate of drug-likeness (QED) is 0.555. The van der Waals surface area contributed by atoms with Crippen molar-refractivity contribution in [1.82, 2.24) is 5.01 Å². The molecular weight excluding hydrogens is 168 g/mol. The molecule has 0 unspecified atom stereocenters. The van der Waals surface area contributed by atoms with Crippen LogP contribution in [0.25, 0.3) is 0 Å². The van der Waals surface area contributed by atoms with Gasteiger partial charge in [-0.15, -0.1) is 0 Å². The zero-order valence-corrected chi connectivity index (χ0v) is 5.93. The molecule has 1 aliphatic heterocycles. The Hall–Kier alpha value is -0.280. The first kappa shape index (κ1) is 5.85. The highest BCUT2D eigenvalue weighted by Gasteiger charge is 1.94. The van der Waals surface area contributed by atoms with Crippen LogP contribution in [0, 0.1) is 0 Å². The molecule has 2 N–H and O–H groups in total. The largest absolute Gasteiger partial charge is 0.314 e. The maximum absolute atomic E-state index is 5.38. The number of allylic oxidation sites excluding steroid dienone is 2. The van der Waals surface area contributed by atoms with Crippen molar-refractivity contribution in [3.8, 4) is 0 Å². The molecule has 0 aromatic rings. The zero-order valence-electron chi connectivity index (χ0n) is 4.34. The minimum atomic E-state index is 0.789. The Morgan fingerprint density at radius 1 is 1.75 bits per heavy atom. The number of nitrogens with zero attached hydrogens (tertiary/aromatic N) is 1. The zero-order chi connectivity index (χ0) is 5.98. The summed E-state index contributed by atoms with van der Waals surface area (Å²) in [5, 5.41) is 1.62. The molecule has 0 fully saturated rings. The molecule has 0 bridgehead atoms. The number of nitrogens with two attached hydrogens (primary N) is 1.